The molecular weight excluding hydrogens is 264 g/mol. The number of nitrogens with one attached hydrogen (secondary N) is 1. The summed E-state index contributed by atoms with van der Waals surface area (Å²) in [5, 5.41) is 3.79. The van der Waals surface area contributed by atoms with Gasteiger partial charge in [0.15, 0.2) is 6.10 Å². The Labute approximate surface area is 119 Å². The lowest BCUT2D eigenvalue weighted by Crippen LogP contribution is -2.35. The third-order valence-electron chi connectivity index (χ3n) is 2.96. The first-order valence-electron chi connectivity index (χ1n) is 6.21. The summed E-state index contributed by atoms with van der Waals surface area (Å²) >= 11 is 6.01. The fraction of sp³-hybridized carbons (Fsp3) is 0.500. The molecule has 1 rings (SSSR count). The van der Waals surface area contributed by atoms with Gasteiger partial charge in [0.2, 0.25) is 0 Å². The Balaban J connectivity index is 2.97. The maximum atomic E-state index is 11.8. The van der Waals surface area contributed by atoms with Gasteiger partial charge in [-0.05, 0) is 39.1 Å². The first kappa shape index (κ1) is 15.8. The second kappa shape index (κ2) is 6.78. The molecule has 4 nitrogen and oxygen atoms in total. The van der Waals surface area contributed by atoms with E-state index in [0.717, 1.165) is 5.56 Å². The van der Waals surface area contributed by atoms with E-state index in [1.807, 2.05) is 20.0 Å². The molecule has 1 amide bonds. The normalized spacial score (nSPS) is 13.8. The number of amides is 1. The lowest BCUT2D eigenvalue weighted by molar-refractivity contribution is -0.135. The van der Waals surface area contributed by atoms with Gasteiger partial charge in [-0.1, -0.05) is 11.6 Å². The Bertz CT molecular complexity index is 449. The number of likely N-dealkylation sites (N-methyl/N-ethyl adjacent to an activating group) is 1. The van der Waals surface area contributed by atoms with Crippen molar-refractivity contribution in [3.63, 3.8) is 0 Å². The highest BCUT2D eigenvalue weighted by atomic mass is 35.5. The van der Waals surface area contributed by atoms with E-state index in [1.165, 1.54) is 4.90 Å². The summed E-state index contributed by atoms with van der Waals surface area (Å²) in [7, 11) is 5.28. The third-order valence-corrected chi connectivity index (χ3v) is 3.20. The maximum absolute atomic E-state index is 11.8. The molecule has 0 aliphatic rings. The second-order valence-corrected chi connectivity index (χ2v) is 5.12. The summed E-state index contributed by atoms with van der Waals surface area (Å²) in [5.74, 6) is 0.604. The van der Waals surface area contributed by atoms with Gasteiger partial charge in [-0.15, -0.1) is 0 Å². The van der Waals surface area contributed by atoms with E-state index in [9.17, 15) is 4.79 Å². The zero-order valence-corrected chi connectivity index (χ0v) is 12.8. The molecule has 0 aromatic heterocycles. The standard InChI is InChI=1S/C14H21ClN2O2/c1-9(16-3)12-8-11(15)6-7-13(12)19-10(2)14(18)17(4)5/h6-10,16H,1-5H3. The quantitative estimate of drug-likeness (QED) is 0.903. The molecule has 0 aliphatic heterocycles. The Morgan fingerprint density at radius 2 is 2.00 bits per heavy atom. The van der Waals surface area contributed by atoms with E-state index in [0.29, 0.717) is 10.8 Å². The topological polar surface area (TPSA) is 41.6 Å². The van der Waals surface area contributed by atoms with Crippen molar-refractivity contribution in [3.05, 3.63) is 28.8 Å². The Morgan fingerprint density at radius 1 is 1.37 bits per heavy atom. The van der Waals surface area contributed by atoms with Gasteiger partial charge in [-0.25, -0.2) is 0 Å². The number of rotatable bonds is 5. The minimum atomic E-state index is -0.529. The molecule has 1 aromatic carbocycles. The van der Waals surface area contributed by atoms with Crippen LogP contribution in [0.3, 0.4) is 0 Å². The molecule has 106 valence electrons. The molecule has 0 fully saturated rings. The summed E-state index contributed by atoms with van der Waals surface area (Å²) in [6.45, 7) is 3.75. The van der Waals surface area contributed by atoms with Crippen LogP contribution in [-0.2, 0) is 4.79 Å². The number of hydrogen-bond donors (Lipinski definition) is 1. The summed E-state index contributed by atoms with van der Waals surface area (Å²) < 4.78 is 5.76. The van der Waals surface area contributed by atoms with Crippen molar-refractivity contribution >= 4 is 17.5 Å². The molecule has 19 heavy (non-hydrogen) atoms. The highest BCUT2D eigenvalue weighted by Crippen LogP contribution is 2.29. The molecule has 0 bridgehead atoms. The first-order valence-corrected chi connectivity index (χ1v) is 6.59. The number of nitrogens with zero attached hydrogens (tertiary/aromatic N) is 1. The molecule has 0 heterocycles. The zero-order valence-electron chi connectivity index (χ0n) is 12.0. The van der Waals surface area contributed by atoms with Crippen molar-refractivity contribution in [2.24, 2.45) is 0 Å². The van der Waals surface area contributed by atoms with Gasteiger partial charge in [0.1, 0.15) is 5.75 Å². The third kappa shape index (κ3) is 4.11. The minimum absolute atomic E-state index is 0.0713. The van der Waals surface area contributed by atoms with E-state index in [2.05, 4.69) is 5.32 Å². The van der Waals surface area contributed by atoms with Crippen LogP contribution in [0.1, 0.15) is 25.5 Å². The van der Waals surface area contributed by atoms with Gasteiger partial charge in [-0.3, -0.25) is 4.79 Å². The summed E-state index contributed by atoms with van der Waals surface area (Å²) in [5.41, 5.74) is 0.938. The predicted molar refractivity (Wildman–Crippen MR) is 77.7 cm³/mol. The summed E-state index contributed by atoms with van der Waals surface area (Å²) in [6.07, 6.45) is -0.529. The van der Waals surface area contributed by atoms with Crippen molar-refractivity contribution in [3.8, 4) is 5.75 Å². The van der Waals surface area contributed by atoms with Gasteiger partial charge in [0.05, 0.1) is 0 Å². The molecule has 1 aromatic rings. The zero-order chi connectivity index (χ0) is 14.6. The van der Waals surface area contributed by atoms with Crippen molar-refractivity contribution in [1.29, 1.82) is 0 Å². The Kier molecular flexibility index (Phi) is 5.63. The smallest absolute Gasteiger partial charge is 0.262 e. The number of carbonyl (C=O) groups is 1. The minimum Gasteiger partial charge on any atom is -0.481 e. The van der Waals surface area contributed by atoms with E-state index < -0.39 is 6.10 Å². The largest absolute Gasteiger partial charge is 0.481 e. The summed E-state index contributed by atoms with van der Waals surface area (Å²) in [4.78, 5) is 13.3. The number of benzene rings is 1. The maximum Gasteiger partial charge on any atom is 0.262 e. The molecule has 2 atom stereocenters. The highest BCUT2D eigenvalue weighted by molar-refractivity contribution is 6.30. The lowest BCUT2D eigenvalue weighted by Gasteiger charge is -2.22. The van der Waals surface area contributed by atoms with E-state index >= 15 is 0 Å². The van der Waals surface area contributed by atoms with Crippen LogP contribution in [0.15, 0.2) is 18.2 Å². The Morgan fingerprint density at radius 3 is 2.53 bits per heavy atom. The van der Waals surface area contributed by atoms with Crippen LogP contribution in [0.25, 0.3) is 0 Å². The second-order valence-electron chi connectivity index (χ2n) is 4.69. The molecule has 5 heteroatoms. The molecule has 2 unspecified atom stereocenters. The number of hydrogen-bond acceptors (Lipinski definition) is 3. The summed E-state index contributed by atoms with van der Waals surface area (Å²) in [6, 6.07) is 5.50. The molecule has 0 radical (unpaired) electrons. The predicted octanol–water partition coefficient (Wildman–Crippen LogP) is 2.48. The van der Waals surface area contributed by atoms with E-state index in [4.69, 9.17) is 16.3 Å². The number of halogens is 1. The number of carbonyl (C=O) groups excluding carboxylic acids is 1. The highest BCUT2D eigenvalue weighted by Gasteiger charge is 2.19. The van der Waals surface area contributed by atoms with Crippen molar-refractivity contribution in [2.45, 2.75) is 26.0 Å². The first-order chi connectivity index (χ1) is 8.86. The fourth-order valence-corrected chi connectivity index (χ4v) is 1.91. The van der Waals surface area contributed by atoms with Crippen LogP contribution in [0.2, 0.25) is 5.02 Å². The van der Waals surface area contributed by atoms with Crippen LogP contribution >= 0.6 is 11.6 Å². The average Bonchev–Trinajstić information content (AvgIpc) is 2.38. The van der Waals surface area contributed by atoms with Crippen LogP contribution in [0.5, 0.6) is 5.75 Å². The van der Waals surface area contributed by atoms with Crippen molar-refractivity contribution < 1.29 is 9.53 Å². The van der Waals surface area contributed by atoms with Crippen molar-refractivity contribution in [2.75, 3.05) is 21.1 Å². The molecule has 0 saturated heterocycles. The van der Waals surface area contributed by atoms with Gasteiger partial charge < -0.3 is 15.0 Å². The van der Waals surface area contributed by atoms with Crippen LogP contribution in [-0.4, -0.2) is 38.1 Å². The monoisotopic (exact) mass is 284 g/mol. The van der Waals surface area contributed by atoms with Crippen LogP contribution < -0.4 is 10.1 Å². The van der Waals surface area contributed by atoms with E-state index in [1.54, 1.807) is 33.2 Å². The number of ether oxygens (including phenoxy) is 1. The lowest BCUT2D eigenvalue weighted by atomic mass is 10.1. The molecule has 1 N–H and O–H groups in total. The van der Waals surface area contributed by atoms with Gasteiger partial charge in [0, 0.05) is 30.7 Å². The van der Waals surface area contributed by atoms with Gasteiger partial charge in [-0.2, -0.15) is 0 Å². The molecule has 0 aliphatic carbocycles. The van der Waals surface area contributed by atoms with Crippen molar-refractivity contribution in [1.82, 2.24) is 10.2 Å². The van der Waals surface area contributed by atoms with E-state index in [-0.39, 0.29) is 11.9 Å². The molecule has 0 spiro atoms. The average molecular weight is 285 g/mol. The van der Waals surface area contributed by atoms with Crippen LogP contribution in [0, 0.1) is 0 Å². The van der Waals surface area contributed by atoms with Gasteiger partial charge >= 0.3 is 0 Å². The van der Waals surface area contributed by atoms with Gasteiger partial charge in [0.25, 0.3) is 5.91 Å². The SMILES string of the molecule is CNC(C)c1cc(Cl)ccc1OC(C)C(=O)N(C)C. The fourth-order valence-electron chi connectivity index (χ4n) is 1.73. The molecule has 0 saturated carbocycles. The Hall–Kier alpha value is -1.26. The molecular formula is C14H21ClN2O2. The van der Waals surface area contributed by atoms with Crippen LogP contribution in [0.4, 0.5) is 0 Å².